The third-order valence-corrected chi connectivity index (χ3v) is 2.56. The van der Waals surface area contributed by atoms with E-state index >= 15 is 0 Å². The molecule has 0 amide bonds. The number of benzene rings is 1. The minimum atomic E-state index is -2.76. The molecule has 1 aromatic rings. The minimum absolute atomic E-state index is 0.203. The summed E-state index contributed by atoms with van der Waals surface area (Å²) in [6.45, 7) is 2.39. The van der Waals surface area contributed by atoms with E-state index in [1.165, 1.54) is 0 Å². The lowest BCUT2D eigenvalue weighted by Crippen LogP contribution is -2.21. The van der Waals surface area contributed by atoms with Crippen molar-refractivity contribution in [3.8, 4) is 5.75 Å². The fraction of sp³-hybridized carbons (Fsp3) is 0.538. The van der Waals surface area contributed by atoms with Crippen LogP contribution in [0, 0.1) is 0 Å². The lowest BCUT2D eigenvalue weighted by molar-refractivity contribution is -0.0498. The van der Waals surface area contributed by atoms with Crippen LogP contribution in [0.4, 0.5) is 8.78 Å². The summed E-state index contributed by atoms with van der Waals surface area (Å²) in [5, 5.41) is 3.41. The van der Waals surface area contributed by atoms with E-state index in [2.05, 4.69) is 23.9 Å². The highest BCUT2D eigenvalue weighted by molar-refractivity contribution is 5.29. The lowest BCUT2D eigenvalue weighted by Gasteiger charge is -2.17. The lowest BCUT2D eigenvalue weighted by atomic mass is 10.0. The van der Waals surface area contributed by atoms with E-state index in [4.69, 9.17) is 0 Å². The van der Waals surface area contributed by atoms with Gasteiger partial charge in [0.2, 0.25) is 0 Å². The molecule has 0 aliphatic carbocycles. The van der Waals surface area contributed by atoms with Gasteiger partial charge < -0.3 is 10.1 Å². The Hall–Kier alpha value is -1.16. The molecule has 4 heteroatoms. The number of rotatable bonds is 7. The van der Waals surface area contributed by atoms with E-state index in [-0.39, 0.29) is 11.8 Å². The highest BCUT2D eigenvalue weighted by Crippen LogP contribution is 2.21. The standard InChI is InChI=1S/C13H19F2NO/c1-3-9-16-12(4-2)10-5-7-11(8-6-10)17-13(14)15/h5-8,12-13,16H,3-4,9H2,1-2H3. The second-order valence-corrected chi connectivity index (χ2v) is 3.86. The highest BCUT2D eigenvalue weighted by Gasteiger charge is 2.09. The van der Waals surface area contributed by atoms with Crippen molar-refractivity contribution < 1.29 is 13.5 Å². The SMILES string of the molecule is CCCNC(CC)c1ccc(OC(F)F)cc1. The molecule has 1 N–H and O–H groups in total. The molecule has 0 aliphatic heterocycles. The Bertz CT molecular complexity index is 314. The highest BCUT2D eigenvalue weighted by atomic mass is 19.3. The van der Waals surface area contributed by atoms with Crippen molar-refractivity contribution in [2.75, 3.05) is 6.54 Å². The van der Waals surface area contributed by atoms with Gasteiger partial charge in [-0.25, -0.2) is 0 Å². The van der Waals surface area contributed by atoms with E-state index in [1.807, 2.05) is 12.1 Å². The third-order valence-electron chi connectivity index (χ3n) is 2.56. The molecule has 1 rings (SSSR count). The summed E-state index contributed by atoms with van der Waals surface area (Å²) >= 11 is 0. The van der Waals surface area contributed by atoms with Crippen LogP contribution in [0.3, 0.4) is 0 Å². The molecule has 0 aliphatic rings. The van der Waals surface area contributed by atoms with Gasteiger partial charge in [-0.2, -0.15) is 8.78 Å². The van der Waals surface area contributed by atoms with Gasteiger partial charge in [-0.15, -0.1) is 0 Å². The van der Waals surface area contributed by atoms with Crippen LogP contribution < -0.4 is 10.1 Å². The van der Waals surface area contributed by atoms with Gasteiger partial charge in [-0.3, -0.25) is 0 Å². The van der Waals surface area contributed by atoms with E-state index < -0.39 is 6.61 Å². The van der Waals surface area contributed by atoms with Crippen LogP contribution in [0.25, 0.3) is 0 Å². The van der Waals surface area contributed by atoms with Crippen molar-refractivity contribution in [2.24, 2.45) is 0 Å². The quantitative estimate of drug-likeness (QED) is 0.787. The Kier molecular flexibility index (Phi) is 5.91. The summed E-state index contributed by atoms with van der Waals surface area (Å²) < 4.78 is 28.3. The molecule has 0 bridgehead atoms. The first kappa shape index (κ1) is 13.9. The molecule has 17 heavy (non-hydrogen) atoms. The Balaban J connectivity index is 2.64. The Labute approximate surface area is 101 Å². The van der Waals surface area contributed by atoms with Crippen molar-refractivity contribution in [3.63, 3.8) is 0 Å². The maximum absolute atomic E-state index is 12.0. The molecule has 96 valence electrons. The number of halogens is 2. The topological polar surface area (TPSA) is 21.3 Å². The fourth-order valence-corrected chi connectivity index (χ4v) is 1.70. The summed E-state index contributed by atoms with van der Waals surface area (Å²) in [4.78, 5) is 0. The normalized spacial score (nSPS) is 12.8. The molecular formula is C13H19F2NO. The number of hydrogen-bond acceptors (Lipinski definition) is 2. The van der Waals surface area contributed by atoms with E-state index in [0.717, 1.165) is 24.9 Å². The molecular weight excluding hydrogens is 224 g/mol. The van der Waals surface area contributed by atoms with Crippen molar-refractivity contribution in [3.05, 3.63) is 29.8 Å². The van der Waals surface area contributed by atoms with Crippen molar-refractivity contribution in [1.82, 2.24) is 5.32 Å². The zero-order chi connectivity index (χ0) is 12.7. The molecule has 0 saturated heterocycles. The Morgan fingerprint density at radius 2 is 1.82 bits per heavy atom. The van der Waals surface area contributed by atoms with Crippen molar-refractivity contribution in [1.29, 1.82) is 0 Å². The average Bonchev–Trinajstić information content (AvgIpc) is 2.31. The van der Waals surface area contributed by atoms with Gasteiger partial charge in [0.1, 0.15) is 5.75 Å². The van der Waals surface area contributed by atoms with Crippen LogP contribution in [-0.4, -0.2) is 13.2 Å². The summed E-state index contributed by atoms with van der Waals surface area (Å²) in [5.41, 5.74) is 1.10. The van der Waals surface area contributed by atoms with Gasteiger partial charge in [0, 0.05) is 6.04 Å². The van der Waals surface area contributed by atoms with Crippen LogP contribution in [0.1, 0.15) is 38.3 Å². The molecule has 1 unspecified atom stereocenters. The van der Waals surface area contributed by atoms with Gasteiger partial charge in [0.15, 0.2) is 0 Å². The first-order valence-electron chi connectivity index (χ1n) is 5.95. The Morgan fingerprint density at radius 1 is 1.18 bits per heavy atom. The van der Waals surface area contributed by atoms with E-state index in [1.54, 1.807) is 12.1 Å². The molecule has 0 fully saturated rings. The second-order valence-electron chi connectivity index (χ2n) is 3.86. The first-order chi connectivity index (χ1) is 8.17. The predicted octanol–water partition coefficient (Wildman–Crippen LogP) is 3.74. The van der Waals surface area contributed by atoms with Crippen LogP contribution in [0.15, 0.2) is 24.3 Å². The van der Waals surface area contributed by atoms with Gasteiger partial charge >= 0.3 is 6.61 Å². The van der Waals surface area contributed by atoms with Crippen LogP contribution >= 0.6 is 0 Å². The molecule has 0 saturated carbocycles. The summed E-state index contributed by atoms with van der Waals surface area (Å²) in [6, 6.07) is 7.09. The predicted molar refractivity (Wildman–Crippen MR) is 64.4 cm³/mol. The molecule has 1 aromatic carbocycles. The summed E-state index contributed by atoms with van der Waals surface area (Å²) in [6.07, 6.45) is 2.04. The largest absolute Gasteiger partial charge is 0.435 e. The third kappa shape index (κ3) is 4.69. The molecule has 0 radical (unpaired) electrons. The molecule has 0 spiro atoms. The second kappa shape index (κ2) is 7.22. The zero-order valence-electron chi connectivity index (χ0n) is 10.2. The molecule has 1 atom stereocenters. The van der Waals surface area contributed by atoms with Gasteiger partial charge in [-0.05, 0) is 37.1 Å². The molecule has 0 aromatic heterocycles. The van der Waals surface area contributed by atoms with Gasteiger partial charge in [0.25, 0.3) is 0 Å². The van der Waals surface area contributed by atoms with E-state index in [9.17, 15) is 8.78 Å². The number of ether oxygens (including phenoxy) is 1. The number of nitrogens with one attached hydrogen (secondary N) is 1. The molecule has 0 heterocycles. The fourth-order valence-electron chi connectivity index (χ4n) is 1.70. The van der Waals surface area contributed by atoms with Gasteiger partial charge in [-0.1, -0.05) is 26.0 Å². The Morgan fingerprint density at radius 3 is 2.29 bits per heavy atom. The minimum Gasteiger partial charge on any atom is -0.435 e. The average molecular weight is 243 g/mol. The van der Waals surface area contributed by atoms with Gasteiger partial charge in [0.05, 0.1) is 0 Å². The van der Waals surface area contributed by atoms with Crippen LogP contribution in [-0.2, 0) is 0 Å². The number of hydrogen-bond donors (Lipinski definition) is 1. The maximum Gasteiger partial charge on any atom is 0.387 e. The monoisotopic (exact) mass is 243 g/mol. The molecule has 2 nitrogen and oxygen atoms in total. The van der Waals surface area contributed by atoms with Crippen molar-refractivity contribution in [2.45, 2.75) is 39.3 Å². The van der Waals surface area contributed by atoms with E-state index in [0.29, 0.717) is 0 Å². The zero-order valence-corrected chi connectivity index (χ0v) is 10.2. The summed E-state index contributed by atoms with van der Waals surface area (Å²) in [7, 11) is 0. The van der Waals surface area contributed by atoms with Crippen molar-refractivity contribution >= 4 is 0 Å². The van der Waals surface area contributed by atoms with Crippen LogP contribution in [0.5, 0.6) is 5.75 Å². The smallest absolute Gasteiger partial charge is 0.387 e. The van der Waals surface area contributed by atoms with Crippen LogP contribution in [0.2, 0.25) is 0 Å². The number of alkyl halides is 2. The summed E-state index contributed by atoms with van der Waals surface area (Å²) in [5.74, 6) is 0.203. The maximum atomic E-state index is 12.0. The first-order valence-corrected chi connectivity index (χ1v) is 5.95.